The van der Waals surface area contributed by atoms with Crippen LogP contribution in [0.1, 0.15) is 37.9 Å². The van der Waals surface area contributed by atoms with Crippen LogP contribution in [0.4, 0.5) is 11.6 Å². The van der Waals surface area contributed by atoms with Crippen molar-refractivity contribution in [1.29, 1.82) is 0 Å². The predicted octanol–water partition coefficient (Wildman–Crippen LogP) is 1.96. The van der Waals surface area contributed by atoms with Gasteiger partial charge in [-0.25, -0.2) is 9.97 Å². The number of rotatable bonds is 6. The third-order valence-corrected chi connectivity index (χ3v) is 3.99. The molecule has 2 rings (SSSR count). The third-order valence-electron chi connectivity index (χ3n) is 3.99. The minimum atomic E-state index is 0.203. The van der Waals surface area contributed by atoms with Crippen molar-refractivity contribution in [2.24, 2.45) is 5.92 Å². The normalized spacial score (nSPS) is 15.4. The Labute approximate surface area is 132 Å². The molecule has 0 bridgehead atoms. The first-order chi connectivity index (χ1) is 10.6. The third kappa shape index (κ3) is 4.86. The van der Waals surface area contributed by atoms with Crippen LogP contribution in [0.25, 0.3) is 0 Å². The van der Waals surface area contributed by atoms with Gasteiger partial charge in [0.05, 0.1) is 0 Å². The van der Waals surface area contributed by atoms with Crippen molar-refractivity contribution in [2.75, 3.05) is 37.4 Å². The van der Waals surface area contributed by atoms with Crippen molar-refractivity contribution in [3.63, 3.8) is 0 Å². The van der Waals surface area contributed by atoms with Gasteiger partial charge in [-0.2, -0.15) is 0 Å². The highest BCUT2D eigenvalue weighted by molar-refractivity contribution is 5.78. The highest BCUT2D eigenvalue weighted by atomic mass is 16.1. The standard InChI is InChI=1S/C16H27N5O/c1-12-19-14(11-15(20-12)21(2)3)17-9-10-18-16(22)13-7-5-4-6-8-13/h11,13H,4-10H2,1-3H3,(H,18,22)(H,17,19,20). The topological polar surface area (TPSA) is 70.2 Å². The van der Waals surface area contributed by atoms with Crippen LogP contribution in [-0.4, -0.2) is 43.1 Å². The molecule has 1 fully saturated rings. The minimum Gasteiger partial charge on any atom is -0.368 e. The average molecular weight is 305 g/mol. The van der Waals surface area contributed by atoms with Crippen LogP contribution in [0.15, 0.2) is 6.07 Å². The maximum atomic E-state index is 12.0. The number of carbonyl (C=O) groups is 1. The molecule has 0 aromatic carbocycles. The second-order valence-electron chi connectivity index (χ2n) is 6.11. The molecule has 0 atom stereocenters. The second kappa shape index (κ2) is 7.96. The number of carbonyl (C=O) groups excluding carboxylic acids is 1. The first-order valence-corrected chi connectivity index (χ1v) is 8.11. The Morgan fingerprint density at radius 2 is 1.95 bits per heavy atom. The Bertz CT molecular complexity index is 497. The van der Waals surface area contributed by atoms with E-state index in [0.717, 1.165) is 30.3 Å². The summed E-state index contributed by atoms with van der Waals surface area (Å²) in [5.74, 6) is 2.83. The number of nitrogens with one attached hydrogen (secondary N) is 2. The zero-order chi connectivity index (χ0) is 15.9. The maximum absolute atomic E-state index is 12.0. The molecular formula is C16H27N5O. The molecule has 1 aliphatic rings. The Morgan fingerprint density at radius 3 is 2.64 bits per heavy atom. The van der Waals surface area contributed by atoms with E-state index in [1.165, 1.54) is 19.3 Å². The van der Waals surface area contributed by atoms with E-state index in [2.05, 4.69) is 20.6 Å². The zero-order valence-corrected chi connectivity index (χ0v) is 13.9. The molecule has 0 radical (unpaired) electrons. The van der Waals surface area contributed by atoms with Crippen LogP contribution in [0, 0.1) is 12.8 Å². The van der Waals surface area contributed by atoms with E-state index in [1.807, 2.05) is 32.0 Å². The molecule has 0 aliphatic heterocycles. The summed E-state index contributed by atoms with van der Waals surface area (Å²) in [5, 5.41) is 6.27. The lowest BCUT2D eigenvalue weighted by atomic mass is 9.89. The predicted molar refractivity (Wildman–Crippen MR) is 89.2 cm³/mol. The molecule has 0 saturated heterocycles. The quantitative estimate of drug-likeness (QED) is 0.786. The lowest BCUT2D eigenvalue weighted by molar-refractivity contribution is -0.125. The molecule has 1 amide bonds. The Kier molecular flexibility index (Phi) is 5.98. The second-order valence-corrected chi connectivity index (χ2v) is 6.11. The van der Waals surface area contributed by atoms with E-state index in [-0.39, 0.29) is 11.8 Å². The van der Waals surface area contributed by atoms with Gasteiger partial charge in [-0.1, -0.05) is 19.3 Å². The molecule has 6 nitrogen and oxygen atoms in total. The Hall–Kier alpha value is -1.85. The number of anilines is 2. The van der Waals surface area contributed by atoms with Crippen LogP contribution in [-0.2, 0) is 4.79 Å². The summed E-state index contributed by atoms with van der Waals surface area (Å²) in [6.45, 7) is 3.17. The van der Waals surface area contributed by atoms with Crippen LogP contribution in [0.2, 0.25) is 0 Å². The molecule has 1 aliphatic carbocycles. The van der Waals surface area contributed by atoms with Gasteiger partial charge in [0, 0.05) is 39.2 Å². The SMILES string of the molecule is Cc1nc(NCCNC(=O)C2CCCCC2)cc(N(C)C)n1. The van der Waals surface area contributed by atoms with Crippen LogP contribution < -0.4 is 15.5 Å². The van der Waals surface area contributed by atoms with Gasteiger partial charge in [-0.3, -0.25) is 4.79 Å². The first-order valence-electron chi connectivity index (χ1n) is 8.11. The zero-order valence-electron chi connectivity index (χ0n) is 13.9. The Morgan fingerprint density at radius 1 is 1.23 bits per heavy atom. The number of hydrogen-bond acceptors (Lipinski definition) is 5. The van der Waals surface area contributed by atoms with Crippen LogP contribution in [0.5, 0.6) is 0 Å². The number of hydrogen-bond donors (Lipinski definition) is 2. The smallest absolute Gasteiger partial charge is 0.223 e. The molecular weight excluding hydrogens is 278 g/mol. The summed E-state index contributed by atoms with van der Waals surface area (Å²) in [5.41, 5.74) is 0. The van der Waals surface area contributed by atoms with Gasteiger partial charge in [-0.15, -0.1) is 0 Å². The molecule has 0 spiro atoms. The molecule has 6 heteroatoms. The summed E-state index contributed by atoms with van der Waals surface area (Å²) in [7, 11) is 3.91. The molecule has 0 unspecified atom stereocenters. The van der Waals surface area contributed by atoms with Crippen LogP contribution >= 0.6 is 0 Å². The maximum Gasteiger partial charge on any atom is 0.223 e. The molecule has 2 N–H and O–H groups in total. The largest absolute Gasteiger partial charge is 0.368 e. The molecule has 1 aromatic rings. The molecule has 1 heterocycles. The average Bonchev–Trinajstić information content (AvgIpc) is 2.51. The fourth-order valence-corrected chi connectivity index (χ4v) is 2.76. The number of aromatic nitrogens is 2. The highest BCUT2D eigenvalue weighted by Crippen LogP contribution is 2.23. The van der Waals surface area contributed by atoms with Crippen molar-refractivity contribution in [2.45, 2.75) is 39.0 Å². The van der Waals surface area contributed by atoms with Gasteiger partial charge in [-0.05, 0) is 19.8 Å². The fourth-order valence-electron chi connectivity index (χ4n) is 2.76. The van der Waals surface area contributed by atoms with Gasteiger partial charge < -0.3 is 15.5 Å². The number of aryl methyl sites for hydroxylation is 1. The van der Waals surface area contributed by atoms with Crippen LogP contribution in [0.3, 0.4) is 0 Å². The van der Waals surface area contributed by atoms with Crippen molar-refractivity contribution in [1.82, 2.24) is 15.3 Å². The van der Waals surface area contributed by atoms with Crippen molar-refractivity contribution >= 4 is 17.5 Å². The summed E-state index contributed by atoms with van der Waals surface area (Å²) in [6, 6.07) is 1.91. The Balaban J connectivity index is 1.75. The van der Waals surface area contributed by atoms with Crippen molar-refractivity contribution in [3.05, 3.63) is 11.9 Å². The van der Waals surface area contributed by atoms with E-state index >= 15 is 0 Å². The van der Waals surface area contributed by atoms with Crippen molar-refractivity contribution < 1.29 is 4.79 Å². The summed E-state index contributed by atoms with van der Waals surface area (Å²) in [4.78, 5) is 22.7. The van der Waals surface area contributed by atoms with Gasteiger partial charge in [0.25, 0.3) is 0 Å². The highest BCUT2D eigenvalue weighted by Gasteiger charge is 2.20. The fraction of sp³-hybridized carbons (Fsp3) is 0.688. The monoisotopic (exact) mass is 305 g/mol. The number of nitrogens with zero attached hydrogens (tertiary/aromatic N) is 3. The van der Waals surface area contributed by atoms with Gasteiger partial charge in [0.15, 0.2) is 0 Å². The van der Waals surface area contributed by atoms with Gasteiger partial charge in [0.1, 0.15) is 17.5 Å². The summed E-state index contributed by atoms with van der Waals surface area (Å²) < 4.78 is 0. The van der Waals surface area contributed by atoms with E-state index in [4.69, 9.17) is 0 Å². The van der Waals surface area contributed by atoms with E-state index < -0.39 is 0 Å². The van der Waals surface area contributed by atoms with E-state index in [9.17, 15) is 4.79 Å². The minimum absolute atomic E-state index is 0.203. The summed E-state index contributed by atoms with van der Waals surface area (Å²) in [6.07, 6.45) is 5.72. The number of amides is 1. The molecule has 22 heavy (non-hydrogen) atoms. The first kappa shape index (κ1) is 16.5. The molecule has 1 aromatic heterocycles. The molecule has 1 saturated carbocycles. The summed E-state index contributed by atoms with van der Waals surface area (Å²) >= 11 is 0. The van der Waals surface area contributed by atoms with Gasteiger partial charge in [0.2, 0.25) is 5.91 Å². The van der Waals surface area contributed by atoms with E-state index in [0.29, 0.717) is 13.1 Å². The van der Waals surface area contributed by atoms with E-state index in [1.54, 1.807) is 0 Å². The molecule has 122 valence electrons. The van der Waals surface area contributed by atoms with Gasteiger partial charge >= 0.3 is 0 Å². The lowest BCUT2D eigenvalue weighted by Gasteiger charge is -2.20. The lowest BCUT2D eigenvalue weighted by Crippen LogP contribution is -2.35. The van der Waals surface area contributed by atoms with Crippen molar-refractivity contribution in [3.8, 4) is 0 Å².